The number of nitro groups is 1. The first-order valence-corrected chi connectivity index (χ1v) is 9.92. The SMILES string of the molecule is N#C/C(=C\c1cccc([N+](=O)[O-])c1)C(=O)Nc1ncc(Cc2ccc(Br)cc2)s1. The fraction of sp³-hybridized carbons (Fsp3) is 0.0500. The molecule has 0 radical (unpaired) electrons. The first-order chi connectivity index (χ1) is 13.9. The normalized spacial score (nSPS) is 11.0. The van der Waals surface area contributed by atoms with Crippen LogP contribution in [0.5, 0.6) is 0 Å². The third kappa shape index (κ3) is 5.57. The van der Waals surface area contributed by atoms with E-state index in [2.05, 4.69) is 26.2 Å². The largest absolute Gasteiger partial charge is 0.297 e. The number of hydrogen-bond acceptors (Lipinski definition) is 6. The number of nitro benzene ring substituents is 1. The third-order valence-electron chi connectivity index (χ3n) is 3.82. The standard InChI is InChI=1S/C20H13BrN4O3S/c21-16-6-4-13(5-7-16)10-18-12-23-20(29-18)24-19(26)15(11-22)8-14-2-1-3-17(9-14)25(27)28/h1-9,12H,10H2,(H,23,24,26)/b15-8+. The minimum absolute atomic E-state index is 0.117. The number of halogens is 1. The minimum Gasteiger partial charge on any atom is -0.297 e. The smallest absolute Gasteiger partial charge is 0.270 e. The number of nitrogens with one attached hydrogen (secondary N) is 1. The van der Waals surface area contributed by atoms with E-state index in [0.717, 1.165) is 14.9 Å². The van der Waals surface area contributed by atoms with Gasteiger partial charge in [0.15, 0.2) is 5.13 Å². The Bertz CT molecular complexity index is 1130. The van der Waals surface area contributed by atoms with E-state index < -0.39 is 10.8 Å². The average molecular weight is 469 g/mol. The lowest BCUT2D eigenvalue weighted by Gasteiger charge is -2.01. The number of non-ortho nitro benzene ring substituents is 1. The number of thiazole rings is 1. The maximum absolute atomic E-state index is 12.4. The Morgan fingerprint density at radius 2 is 2.07 bits per heavy atom. The summed E-state index contributed by atoms with van der Waals surface area (Å²) in [5.74, 6) is -0.622. The van der Waals surface area contributed by atoms with Gasteiger partial charge in [0.25, 0.3) is 11.6 Å². The number of amides is 1. The van der Waals surface area contributed by atoms with Crippen molar-refractivity contribution in [3.63, 3.8) is 0 Å². The number of nitriles is 1. The summed E-state index contributed by atoms with van der Waals surface area (Å²) in [7, 11) is 0. The predicted octanol–water partition coefficient (Wildman–Crippen LogP) is 4.95. The highest BCUT2D eigenvalue weighted by molar-refractivity contribution is 9.10. The number of benzene rings is 2. The number of hydrogen-bond donors (Lipinski definition) is 1. The molecule has 144 valence electrons. The highest BCUT2D eigenvalue weighted by atomic mass is 79.9. The summed E-state index contributed by atoms with van der Waals surface area (Å²) in [6.45, 7) is 0. The molecule has 3 rings (SSSR count). The van der Waals surface area contributed by atoms with Crippen LogP contribution < -0.4 is 5.32 Å². The van der Waals surface area contributed by atoms with Crippen LogP contribution in [-0.4, -0.2) is 15.8 Å². The Kier molecular flexibility index (Phi) is 6.49. The van der Waals surface area contributed by atoms with Crippen LogP contribution in [0.3, 0.4) is 0 Å². The van der Waals surface area contributed by atoms with Gasteiger partial charge in [-0.05, 0) is 29.3 Å². The Labute approximate surface area is 178 Å². The zero-order valence-corrected chi connectivity index (χ0v) is 17.2. The summed E-state index contributed by atoms with van der Waals surface area (Å²) < 4.78 is 0.998. The lowest BCUT2D eigenvalue weighted by Crippen LogP contribution is -2.13. The quantitative estimate of drug-likeness (QED) is 0.238. The van der Waals surface area contributed by atoms with E-state index in [0.29, 0.717) is 17.1 Å². The minimum atomic E-state index is -0.622. The molecule has 1 N–H and O–H groups in total. The molecule has 0 unspecified atom stereocenters. The molecule has 1 aromatic heterocycles. The van der Waals surface area contributed by atoms with Crippen LogP contribution in [0.4, 0.5) is 10.8 Å². The zero-order valence-electron chi connectivity index (χ0n) is 14.8. The van der Waals surface area contributed by atoms with Gasteiger partial charge in [0, 0.05) is 34.1 Å². The second kappa shape index (κ2) is 9.23. The van der Waals surface area contributed by atoms with Gasteiger partial charge in [-0.1, -0.05) is 40.2 Å². The summed E-state index contributed by atoms with van der Waals surface area (Å²) in [4.78, 5) is 27.9. The maximum Gasteiger partial charge on any atom is 0.270 e. The van der Waals surface area contributed by atoms with Crippen LogP contribution in [-0.2, 0) is 11.2 Å². The fourth-order valence-electron chi connectivity index (χ4n) is 2.46. The van der Waals surface area contributed by atoms with Crippen molar-refractivity contribution in [2.45, 2.75) is 6.42 Å². The van der Waals surface area contributed by atoms with E-state index in [1.807, 2.05) is 30.3 Å². The van der Waals surface area contributed by atoms with Crippen molar-refractivity contribution < 1.29 is 9.72 Å². The highest BCUT2D eigenvalue weighted by Gasteiger charge is 2.13. The number of rotatable bonds is 6. The molecule has 29 heavy (non-hydrogen) atoms. The fourth-order valence-corrected chi connectivity index (χ4v) is 3.56. The number of carbonyl (C=O) groups excluding carboxylic acids is 1. The lowest BCUT2D eigenvalue weighted by molar-refractivity contribution is -0.384. The lowest BCUT2D eigenvalue weighted by atomic mass is 10.1. The van der Waals surface area contributed by atoms with Crippen molar-refractivity contribution in [1.29, 1.82) is 5.26 Å². The number of anilines is 1. The third-order valence-corrected chi connectivity index (χ3v) is 5.26. The van der Waals surface area contributed by atoms with E-state index in [9.17, 15) is 20.2 Å². The molecule has 0 saturated heterocycles. The monoisotopic (exact) mass is 468 g/mol. The Morgan fingerprint density at radius 1 is 1.31 bits per heavy atom. The van der Waals surface area contributed by atoms with Crippen LogP contribution in [0.1, 0.15) is 16.0 Å². The van der Waals surface area contributed by atoms with Crippen LogP contribution in [0.2, 0.25) is 0 Å². The molecule has 7 nitrogen and oxygen atoms in total. The van der Waals surface area contributed by atoms with Crippen LogP contribution in [0.25, 0.3) is 6.08 Å². The summed E-state index contributed by atoms with van der Waals surface area (Å²) >= 11 is 4.71. The van der Waals surface area contributed by atoms with Crippen molar-refractivity contribution in [2.24, 2.45) is 0 Å². The average Bonchev–Trinajstić information content (AvgIpc) is 3.14. The zero-order chi connectivity index (χ0) is 20.8. The number of aromatic nitrogens is 1. The molecule has 1 amide bonds. The van der Waals surface area contributed by atoms with Crippen LogP contribution in [0, 0.1) is 21.4 Å². The topological polar surface area (TPSA) is 109 Å². The molecule has 0 spiro atoms. The second-order valence-corrected chi connectivity index (χ2v) is 7.94. The maximum atomic E-state index is 12.4. The van der Waals surface area contributed by atoms with Gasteiger partial charge in [0.05, 0.1) is 4.92 Å². The molecule has 0 saturated carbocycles. The highest BCUT2D eigenvalue weighted by Crippen LogP contribution is 2.23. The molecule has 0 atom stereocenters. The second-order valence-electron chi connectivity index (χ2n) is 5.91. The first kappa shape index (κ1) is 20.4. The number of nitrogens with zero attached hydrogens (tertiary/aromatic N) is 3. The molecule has 0 aliphatic carbocycles. The van der Waals surface area contributed by atoms with E-state index in [-0.39, 0.29) is 11.3 Å². The molecule has 3 aromatic rings. The van der Waals surface area contributed by atoms with Crippen LogP contribution in [0.15, 0.2) is 64.8 Å². The first-order valence-electron chi connectivity index (χ1n) is 8.31. The Hall–Kier alpha value is -3.35. The molecule has 1 heterocycles. The van der Waals surface area contributed by atoms with Crippen molar-refractivity contribution >= 4 is 50.1 Å². The van der Waals surface area contributed by atoms with Crippen molar-refractivity contribution in [1.82, 2.24) is 4.98 Å². The van der Waals surface area contributed by atoms with Gasteiger partial charge in [0.1, 0.15) is 11.6 Å². The molecule has 9 heteroatoms. The molecule has 0 aliphatic rings. The van der Waals surface area contributed by atoms with Gasteiger partial charge < -0.3 is 0 Å². The van der Waals surface area contributed by atoms with Crippen LogP contribution >= 0.6 is 27.3 Å². The Morgan fingerprint density at radius 3 is 2.76 bits per heavy atom. The summed E-state index contributed by atoms with van der Waals surface area (Å²) in [5, 5.41) is 23.1. The van der Waals surface area contributed by atoms with Gasteiger partial charge in [-0.25, -0.2) is 4.98 Å². The van der Waals surface area contributed by atoms with Gasteiger partial charge in [-0.15, -0.1) is 11.3 Å². The molecular formula is C20H13BrN4O3S. The van der Waals surface area contributed by atoms with Crippen molar-refractivity contribution in [3.8, 4) is 6.07 Å². The van der Waals surface area contributed by atoms with Gasteiger partial charge in [-0.3, -0.25) is 20.2 Å². The molecule has 0 fully saturated rings. The summed E-state index contributed by atoms with van der Waals surface area (Å²) in [6, 6.07) is 15.4. The van der Waals surface area contributed by atoms with Gasteiger partial charge >= 0.3 is 0 Å². The van der Waals surface area contributed by atoms with Gasteiger partial charge in [0.2, 0.25) is 0 Å². The van der Waals surface area contributed by atoms with Crippen molar-refractivity contribution in [2.75, 3.05) is 5.32 Å². The van der Waals surface area contributed by atoms with E-state index >= 15 is 0 Å². The molecule has 2 aromatic carbocycles. The van der Waals surface area contributed by atoms with Gasteiger partial charge in [-0.2, -0.15) is 5.26 Å². The predicted molar refractivity (Wildman–Crippen MR) is 114 cm³/mol. The van der Waals surface area contributed by atoms with E-state index in [1.54, 1.807) is 12.3 Å². The molecule has 0 bridgehead atoms. The summed E-state index contributed by atoms with van der Waals surface area (Å²) in [6.07, 6.45) is 3.66. The summed E-state index contributed by atoms with van der Waals surface area (Å²) in [5.41, 5.74) is 1.21. The van der Waals surface area contributed by atoms with E-state index in [4.69, 9.17) is 0 Å². The van der Waals surface area contributed by atoms with E-state index in [1.165, 1.54) is 35.6 Å². The van der Waals surface area contributed by atoms with Crippen molar-refractivity contribution in [3.05, 3.63) is 90.9 Å². The number of carbonyl (C=O) groups is 1. The Balaban J connectivity index is 1.71. The molecular weight excluding hydrogens is 456 g/mol. The molecule has 0 aliphatic heterocycles.